The number of carboxylic acids is 1. The quantitative estimate of drug-likeness (QED) is 0.684. The van der Waals surface area contributed by atoms with Gasteiger partial charge in [0.25, 0.3) is 5.91 Å². The van der Waals surface area contributed by atoms with Gasteiger partial charge >= 0.3 is 5.97 Å². The molecule has 1 aromatic heterocycles. The van der Waals surface area contributed by atoms with E-state index in [9.17, 15) is 24.0 Å². The van der Waals surface area contributed by atoms with Gasteiger partial charge in [0.1, 0.15) is 12.2 Å². The van der Waals surface area contributed by atoms with Gasteiger partial charge in [0.15, 0.2) is 0 Å². The van der Waals surface area contributed by atoms with Crippen molar-refractivity contribution in [3.05, 3.63) is 29.6 Å². The van der Waals surface area contributed by atoms with E-state index in [1.54, 1.807) is 4.90 Å². The summed E-state index contributed by atoms with van der Waals surface area (Å²) in [7, 11) is 0. The van der Waals surface area contributed by atoms with Crippen molar-refractivity contribution in [3.8, 4) is 0 Å². The Labute approximate surface area is 154 Å². The zero-order chi connectivity index (χ0) is 19.6. The molecule has 0 unspecified atom stereocenters. The first-order valence-corrected chi connectivity index (χ1v) is 8.46. The van der Waals surface area contributed by atoms with Crippen LogP contribution in [0.25, 0.3) is 0 Å². The molecule has 2 aliphatic heterocycles. The molecule has 2 fully saturated rings. The Kier molecular flexibility index (Phi) is 5.15. The fourth-order valence-electron chi connectivity index (χ4n) is 3.02. The summed E-state index contributed by atoms with van der Waals surface area (Å²) in [5, 5.41) is 8.84. The van der Waals surface area contributed by atoms with Gasteiger partial charge in [0.05, 0.1) is 5.56 Å². The van der Waals surface area contributed by atoms with Gasteiger partial charge < -0.3 is 14.9 Å². The number of aromatic nitrogens is 1. The summed E-state index contributed by atoms with van der Waals surface area (Å²) in [4.78, 5) is 66.6. The highest BCUT2D eigenvalue weighted by Crippen LogP contribution is 2.13. The van der Waals surface area contributed by atoms with Crippen LogP contribution in [0.3, 0.4) is 0 Å². The highest BCUT2D eigenvalue weighted by molar-refractivity contribution is 6.04. The number of likely N-dealkylation sites (tertiary alicyclic amines) is 1. The fraction of sp³-hybridized carbons (Fsp3) is 0.412. The van der Waals surface area contributed by atoms with Crippen molar-refractivity contribution in [3.63, 3.8) is 0 Å². The zero-order valence-corrected chi connectivity index (χ0v) is 14.5. The van der Waals surface area contributed by atoms with Crippen LogP contribution in [0.2, 0.25) is 0 Å². The van der Waals surface area contributed by atoms with Gasteiger partial charge in [-0.1, -0.05) is 0 Å². The van der Waals surface area contributed by atoms with Crippen LogP contribution < -0.4 is 0 Å². The Balaban J connectivity index is 1.54. The number of carbonyl (C=O) groups excluding carboxylic acids is 4. The minimum atomic E-state index is -1.17. The molecule has 0 bridgehead atoms. The second kappa shape index (κ2) is 7.52. The molecule has 0 spiro atoms. The number of aromatic carboxylic acids is 1. The molecule has 4 amide bonds. The summed E-state index contributed by atoms with van der Waals surface area (Å²) in [6.45, 7) is 0.926. The van der Waals surface area contributed by atoms with Crippen LogP contribution in [-0.2, 0) is 14.4 Å². The lowest BCUT2D eigenvalue weighted by Gasteiger charge is -2.35. The zero-order valence-electron chi connectivity index (χ0n) is 14.5. The molecule has 2 saturated heterocycles. The van der Waals surface area contributed by atoms with Crippen molar-refractivity contribution in [2.45, 2.75) is 12.8 Å². The second-order valence-electron chi connectivity index (χ2n) is 6.28. The predicted molar refractivity (Wildman–Crippen MR) is 89.6 cm³/mol. The van der Waals surface area contributed by atoms with E-state index >= 15 is 0 Å². The van der Waals surface area contributed by atoms with E-state index in [0.29, 0.717) is 26.2 Å². The van der Waals surface area contributed by atoms with Crippen LogP contribution in [0.15, 0.2) is 18.3 Å². The van der Waals surface area contributed by atoms with Crippen molar-refractivity contribution in [2.24, 2.45) is 0 Å². The second-order valence-corrected chi connectivity index (χ2v) is 6.28. The average Bonchev–Trinajstić information content (AvgIpc) is 2.99. The van der Waals surface area contributed by atoms with Gasteiger partial charge in [-0.25, -0.2) is 9.78 Å². The lowest BCUT2D eigenvalue weighted by molar-refractivity contribution is -0.146. The highest BCUT2D eigenvalue weighted by Gasteiger charge is 2.33. The van der Waals surface area contributed by atoms with Gasteiger partial charge in [-0.05, 0) is 12.1 Å². The lowest BCUT2D eigenvalue weighted by Crippen LogP contribution is -2.53. The smallest absolute Gasteiger partial charge is 0.354 e. The molecule has 1 N–H and O–H groups in total. The average molecular weight is 374 g/mol. The van der Waals surface area contributed by atoms with Crippen molar-refractivity contribution in [1.29, 1.82) is 0 Å². The maximum atomic E-state index is 12.5. The molecule has 2 aliphatic rings. The third-order valence-electron chi connectivity index (χ3n) is 4.60. The monoisotopic (exact) mass is 374 g/mol. The van der Waals surface area contributed by atoms with E-state index in [2.05, 4.69) is 4.98 Å². The first-order valence-electron chi connectivity index (χ1n) is 8.46. The van der Waals surface area contributed by atoms with Crippen LogP contribution in [0, 0.1) is 0 Å². The standard InChI is InChI=1S/C17H18N4O6/c22-13-3-4-14(23)21(13)10-15(24)19-5-7-20(8-6-19)16(25)11-1-2-12(17(26)27)18-9-11/h1-2,9H,3-8,10H2,(H,26,27). The van der Waals surface area contributed by atoms with Crippen LogP contribution in [-0.4, -0.2) is 87.1 Å². The molecule has 0 aromatic carbocycles. The summed E-state index contributed by atoms with van der Waals surface area (Å²) in [5.41, 5.74) is 0.126. The predicted octanol–water partition coefficient (Wildman–Crippen LogP) is -0.787. The minimum absolute atomic E-state index is 0.142. The largest absolute Gasteiger partial charge is 0.477 e. The summed E-state index contributed by atoms with van der Waals surface area (Å²) in [6, 6.07) is 2.67. The molecule has 0 radical (unpaired) electrons. The van der Waals surface area contributed by atoms with Crippen molar-refractivity contribution in [1.82, 2.24) is 19.7 Å². The number of hydrogen-bond donors (Lipinski definition) is 1. The van der Waals surface area contributed by atoms with Gasteiger partial charge in [-0.2, -0.15) is 0 Å². The Morgan fingerprint density at radius 2 is 1.56 bits per heavy atom. The lowest BCUT2D eigenvalue weighted by atomic mass is 10.2. The molecule has 3 heterocycles. The number of imide groups is 1. The first kappa shape index (κ1) is 18.5. The van der Waals surface area contributed by atoms with E-state index in [1.165, 1.54) is 23.2 Å². The SMILES string of the molecule is O=C(O)c1ccc(C(=O)N2CCN(C(=O)CN3C(=O)CCC3=O)CC2)cn1. The Morgan fingerprint density at radius 1 is 0.963 bits per heavy atom. The molecule has 0 atom stereocenters. The number of pyridine rings is 1. The molecule has 0 saturated carbocycles. The summed E-state index contributed by atoms with van der Waals surface area (Å²) in [6.07, 6.45) is 1.50. The van der Waals surface area contributed by atoms with Gasteiger partial charge in [-0.3, -0.25) is 24.1 Å². The number of rotatable bonds is 4. The molecule has 142 valence electrons. The van der Waals surface area contributed by atoms with Gasteiger partial charge in [0.2, 0.25) is 17.7 Å². The van der Waals surface area contributed by atoms with Crippen LogP contribution in [0.1, 0.15) is 33.7 Å². The van der Waals surface area contributed by atoms with E-state index in [-0.39, 0.29) is 54.3 Å². The molecule has 1 aromatic rings. The molecular formula is C17H18N4O6. The third-order valence-corrected chi connectivity index (χ3v) is 4.60. The number of hydrogen-bond acceptors (Lipinski definition) is 6. The fourth-order valence-corrected chi connectivity index (χ4v) is 3.02. The topological polar surface area (TPSA) is 128 Å². The van der Waals surface area contributed by atoms with Crippen molar-refractivity contribution >= 4 is 29.6 Å². The molecule has 10 nitrogen and oxygen atoms in total. The van der Waals surface area contributed by atoms with E-state index in [1.807, 2.05) is 0 Å². The number of nitrogens with zero attached hydrogens (tertiary/aromatic N) is 4. The number of carbonyl (C=O) groups is 5. The van der Waals surface area contributed by atoms with Gasteiger partial charge in [-0.15, -0.1) is 0 Å². The Morgan fingerprint density at radius 3 is 2.07 bits per heavy atom. The number of piperazine rings is 1. The van der Waals surface area contributed by atoms with Crippen molar-refractivity contribution < 1.29 is 29.1 Å². The Hall–Kier alpha value is -3.30. The van der Waals surface area contributed by atoms with E-state index in [0.717, 1.165) is 4.90 Å². The van der Waals surface area contributed by atoms with Gasteiger partial charge in [0, 0.05) is 45.2 Å². The maximum absolute atomic E-state index is 12.5. The highest BCUT2D eigenvalue weighted by atomic mass is 16.4. The molecule has 10 heteroatoms. The van der Waals surface area contributed by atoms with E-state index in [4.69, 9.17) is 5.11 Å². The van der Waals surface area contributed by atoms with Crippen LogP contribution in [0.5, 0.6) is 0 Å². The molecule has 3 rings (SSSR count). The normalized spacial score (nSPS) is 17.4. The first-order chi connectivity index (χ1) is 12.9. The van der Waals surface area contributed by atoms with Crippen LogP contribution in [0.4, 0.5) is 0 Å². The molecule has 27 heavy (non-hydrogen) atoms. The van der Waals surface area contributed by atoms with E-state index < -0.39 is 5.97 Å². The summed E-state index contributed by atoms with van der Waals surface area (Å²) in [5.74, 6) is -2.45. The summed E-state index contributed by atoms with van der Waals surface area (Å²) >= 11 is 0. The van der Waals surface area contributed by atoms with Crippen molar-refractivity contribution in [2.75, 3.05) is 32.7 Å². The molecule has 0 aliphatic carbocycles. The number of carboxylic acid groups (broad SMARTS) is 1. The minimum Gasteiger partial charge on any atom is -0.477 e. The maximum Gasteiger partial charge on any atom is 0.354 e. The van der Waals surface area contributed by atoms with Crippen LogP contribution >= 0.6 is 0 Å². The number of amides is 4. The summed E-state index contributed by atoms with van der Waals surface area (Å²) < 4.78 is 0. The Bertz CT molecular complexity index is 782. The third kappa shape index (κ3) is 3.94. The molecular weight excluding hydrogens is 356 g/mol.